The number of ether oxygens (including phenoxy) is 1. The van der Waals surface area contributed by atoms with Crippen molar-refractivity contribution >= 4 is 5.91 Å². The van der Waals surface area contributed by atoms with Crippen molar-refractivity contribution in [2.75, 3.05) is 33.8 Å². The van der Waals surface area contributed by atoms with E-state index in [0.717, 1.165) is 5.56 Å². The van der Waals surface area contributed by atoms with Crippen LogP contribution in [0.2, 0.25) is 0 Å². The van der Waals surface area contributed by atoms with E-state index in [-0.39, 0.29) is 18.1 Å². The number of likely N-dealkylation sites (N-methyl/N-ethyl adjacent to an activating group) is 1. The van der Waals surface area contributed by atoms with E-state index in [1.807, 2.05) is 32.2 Å². The van der Waals surface area contributed by atoms with Crippen LogP contribution in [0.15, 0.2) is 16.8 Å². The van der Waals surface area contributed by atoms with Crippen molar-refractivity contribution < 1.29 is 13.9 Å². The van der Waals surface area contributed by atoms with Gasteiger partial charge in [-0.05, 0) is 21.0 Å². The average molecular weight is 347 g/mol. The zero-order chi connectivity index (χ0) is 18.1. The molecule has 1 saturated heterocycles. The largest absolute Gasteiger partial charge is 0.436 e. The number of hydrogen-bond donors (Lipinski definition) is 0. The maximum atomic E-state index is 13.2. The molecule has 0 spiro atoms. The van der Waals surface area contributed by atoms with Crippen LogP contribution in [-0.2, 0) is 11.8 Å². The molecule has 1 aliphatic heterocycles. The van der Waals surface area contributed by atoms with Gasteiger partial charge in [0.25, 0.3) is 5.91 Å². The predicted octanol–water partition coefficient (Wildman–Crippen LogP) is 1.17. The molecular formula is C17H25N5O3. The molecule has 0 bridgehead atoms. The van der Waals surface area contributed by atoms with E-state index in [0.29, 0.717) is 37.0 Å². The number of amides is 1. The molecule has 0 radical (unpaired) electrons. The number of carbonyl (C=O) groups is 1. The number of rotatable bonds is 4. The van der Waals surface area contributed by atoms with Gasteiger partial charge < -0.3 is 19.0 Å². The number of morpholine rings is 1. The zero-order valence-corrected chi connectivity index (χ0v) is 15.4. The van der Waals surface area contributed by atoms with E-state index in [9.17, 15) is 4.79 Å². The van der Waals surface area contributed by atoms with Gasteiger partial charge >= 0.3 is 0 Å². The SMILES string of the molecule is Cc1nc(C)c(C(=O)N2CCO[C@@H](CN(C)C)[C@@H]2c2cnn(C)c2)o1. The molecule has 8 heteroatoms. The van der Waals surface area contributed by atoms with E-state index >= 15 is 0 Å². The molecular weight excluding hydrogens is 322 g/mol. The summed E-state index contributed by atoms with van der Waals surface area (Å²) in [6, 6.07) is -0.220. The third kappa shape index (κ3) is 3.59. The summed E-state index contributed by atoms with van der Waals surface area (Å²) in [5.74, 6) is 0.646. The summed E-state index contributed by atoms with van der Waals surface area (Å²) >= 11 is 0. The Labute approximate surface area is 147 Å². The van der Waals surface area contributed by atoms with E-state index in [2.05, 4.69) is 15.0 Å². The van der Waals surface area contributed by atoms with Crippen LogP contribution in [0.3, 0.4) is 0 Å². The first-order chi connectivity index (χ1) is 11.9. The van der Waals surface area contributed by atoms with Gasteiger partial charge in [-0.3, -0.25) is 9.48 Å². The van der Waals surface area contributed by atoms with Crippen LogP contribution >= 0.6 is 0 Å². The van der Waals surface area contributed by atoms with Gasteiger partial charge in [0.15, 0.2) is 5.89 Å². The molecule has 2 aromatic rings. The monoisotopic (exact) mass is 347 g/mol. The van der Waals surface area contributed by atoms with Gasteiger partial charge in [-0.2, -0.15) is 5.10 Å². The summed E-state index contributed by atoms with van der Waals surface area (Å²) in [5.41, 5.74) is 1.57. The molecule has 136 valence electrons. The molecule has 1 amide bonds. The van der Waals surface area contributed by atoms with Crippen LogP contribution in [0.4, 0.5) is 0 Å². The van der Waals surface area contributed by atoms with Crippen molar-refractivity contribution in [3.05, 3.63) is 35.3 Å². The van der Waals surface area contributed by atoms with E-state index in [1.165, 1.54) is 0 Å². The van der Waals surface area contributed by atoms with Gasteiger partial charge in [-0.25, -0.2) is 4.98 Å². The van der Waals surface area contributed by atoms with Crippen molar-refractivity contribution in [2.45, 2.75) is 26.0 Å². The quantitative estimate of drug-likeness (QED) is 0.826. The van der Waals surface area contributed by atoms with Gasteiger partial charge in [0.1, 0.15) is 0 Å². The van der Waals surface area contributed by atoms with Crippen LogP contribution in [-0.4, -0.2) is 70.4 Å². The second-order valence-electron chi connectivity index (χ2n) is 6.71. The topological polar surface area (TPSA) is 76.6 Å². The molecule has 0 saturated carbocycles. The first-order valence-corrected chi connectivity index (χ1v) is 8.36. The minimum absolute atomic E-state index is 0.138. The molecule has 0 N–H and O–H groups in total. The summed E-state index contributed by atoms with van der Waals surface area (Å²) in [7, 11) is 5.85. The van der Waals surface area contributed by atoms with Crippen molar-refractivity contribution in [2.24, 2.45) is 7.05 Å². The Morgan fingerprint density at radius 2 is 2.16 bits per heavy atom. The summed E-state index contributed by atoms with van der Waals surface area (Å²) < 4.78 is 13.3. The van der Waals surface area contributed by atoms with Gasteiger partial charge in [0, 0.05) is 38.8 Å². The third-order valence-electron chi connectivity index (χ3n) is 4.32. The maximum absolute atomic E-state index is 13.2. The second kappa shape index (κ2) is 6.97. The number of hydrogen-bond acceptors (Lipinski definition) is 6. The summed E-state index contributed by atoms with van der Waals surface area (Å²) in [6.07, 6.45) is 3.59. The molecule has 1 aliphatic rings. The number of nitrogens with zero attached hydrogens (tertiary/aromatic N) is 5. The van der Waals surface area contributed by atoms with E-state index in [4.69, 9.17) is 9.15 Å². The first kappa shape index (κ1) is 17.6. The fraction of sp³-hybridized carbons (Fsp3) is 0.588. The standard InChI is InChI=1S/C17H25N5O3/c1-11-16(25-12(2)19-11)17(23)22-6-7-24-14(10-20(3)4)15(22)13-8-18-21(5)9-13/h8-9,14-15H,6-7,10H2,1-5H3/t14-,15-/m0/s1. The zero-order valence-electron chi connectivity index (χ0n) is 15.4. The molecule has 25 heavy (non-hydrogen) atoms. The lowest BCUT2D eigenvalue weighted by Gasteiger charge is -2.41. The Hall–Kier alpha value is -2.19. The Balaban J connectivity index is 1.96. The highest BCUT2D eigenvalue weighted by atomic mass is 16.5. The predicted molar refractivity (Wildman–Crippen MR) is 91.3 cm³/mol. The fourth-order valence-electron chi connectivity index (χ4n) is 3.32. The summed E-state index contributed by atoms with van der Waals surface area (Å²) in [4.78, 5) is 21.3. The van der Waals surface area contributed by atoms with Gasteiger partial charge in [-0.15, -0.1) is 0 Å². The molecule has 2 atom stereocenters. The Bertz CT molecular complexity index is 751. The first-order valence-electron chi connectivity index (χ1n) is 8.36. The molecule has 0 aromatic carbocycles. The van der Waals surface area contributed by atoms with Crippen LogP contribution in [0, 0.1) is 13.8 Å². The van der Waals surface area contributed by atoms with Crippen LogP contribution < -0.4 is 0 Å². The Kier molecular flexibility index (Phi) is 4.91. The van der Waals surface area contributed by atoms with Crippen molar-refractivity contribution in [1.29, 1.82) is 0 Å². The third-order valence-corrected chi connectivity index (χ3v) is 4.32. The fourth-order valence-corrected chi connectivity index (χ4v) is 3.32. The van der Waals surface area contributed by atoms with Crippen LogP contribution in [0.1, 0.15) is 33.7 Å². The van der Waals surface area contributed by atoms with Crippen LogP contribution in [0.5, 0.6) is 0 Å². The average Bonchev–Trinajstić information content (AvgIpc) is 3.11. The lowest BCUT2D eigenvalue weighted by molar-refractivity contribution is -0.0692. The summed E-state index contributed by atoms with van der Waals surface area (Å²) in [5, 5.41) is 4.27. The molecule has 0 unspecified atom stereocenters. The molecule has 2 aromatic heterocycles. The van der Waals surface area contributed by atoms with E-state index < -0.39 is 0 Å². The van der Waals surface area contributed by atoms with Gasteiger partial charge in [0.2, 0.25) is 5.76 Å². The summed E-state index contributed by atoms with van der Waals surface area (Å²) in [6.45, 7) is 5.24. The minimum Gasteiger partial charge on any atom is -0.436 e. The van der Waals surface area contributed by atoms with Gasteiger partial charge in [-0.1, -0.05) is 0 Å². The van der Waals surface area contributed by atoms with Crippen LogP contribution in [0.25, 0.3) is 0 Å². The minimum atomic E-state index is -0.220. The molecule has 3 heterocycles. The number of aromatic nitrogens is 3. The van der Waals surface area contributed by atoms with E-state index in [1.54, 1.807) is 24.7 Å². The highest BCUT2D eigenvalue weighted by Crippen LogP contribution is 2.31. The highest BCUT2D eigenvalue weighted by Gasteiger charge is 2.39. The smallest absolute Gasteiger partial charge is 0.292 e. The maximum Gasteiger partial charge on any atom is 0.292 e. The highest BCUT2D eigenvalue weighted by molar-refractivity contribution is 5.92. The van der Waals surface area contributed by atoms with Gasteiger partial charge in [0.05, 0.1) is 30.6 Å². The number of aryl methyl sites for hydroxylation is 3. The molecule has 1 fully saturated rings. The Morgan fingerprint density at radius 1 is 1.40 bits per heavy atom. The number of oxazole rings is 1. The second-order valence-corrected chi connectivity index (χ2v) is 6.71. The number of carbonyl (C=O) groups excluding carboxylic acids is 1. The molecule has 8 nitrogen and oxygen atoms in total. The molecule has 0 aliphatic carbocycles. The normalized spacial score (nSPS) is 21.1. The lowest BCUT2D eigenvalue weighted by Crippen LogP contribution is -2.51. The Morgan fingerprint density at radius 3 is 2.72 bits per heavy atom. The van der Waals surface area contributed by atoms with Crippen molar-refractivity contribution in [3.63, 3.8) is 0 Å². The molecule has 3 rings (SSSR count). The van der Waals surface area contributed by atoms with Crippen molar-refractivity contribution in [3.8, 4) is 0 Å². The lowest BCUT2D eigenvalue weighted by atomic mass is 10.00. The van der Waals surface area contributed by atoms with Crippen molar-refractivity contribution in [1.82, 2.24) is 24.6 Å².